The SMILES string of the molecule is O=C(O)CC(=O)Oc1cc(-c2cn3c(n2)sc2ccccc23)ccc1Cl. The van der Waals surface area contributed by atoms with Crippen molar-refractivity contribution in [1.82, 2.24) is 9.38 Å². The van der Waals surface area contributed by atoms with Gasteiger partial charge in [-0.3, -0.25) is 14.0 Å². The number of hydrogen-bond acceptors (Lipinski definition) is 5. The number of nitrogens with zero attached hydrogens (tertiary/aromatic N) is 2. The topological polar surface area (TPSA) is 80.9 Å². The fraction of sp³-hybridized carbons (Fsp3) is 0.0556. The van der Waals surface area contributed by atoms with E-state index in [-0.39, 0.29) is 10.8 Å². The predicted octanol–water partition coefficient (Wildman–Crippen LogP) is 4.25. The third-order valence-corrected chi connectivity index (χ3v) is 5.09. The quantitative estimate of drug-likeness (QED) is 0.322. The van der Waals surface area contributed by atoms with E-state index in [0.717, 1.165) is 15.2 Å². The van der Waals surface area contributed by atoms with E-state index in [2.05, 4.69) is 4.98 Å². The lowest BCUT2D eigenvalue weighted by molar-refractivity contribution is -0.145. The Morgan fingerprint density at radius 2 is 2.04 bits per heavy atom. The van der Waals surface area contributed by atoms with Crippen LogP contribution in [0.3, 0.4) is 0 Å². The number of imidazole rings is 1. The molecular weight excluding hydrogens is 376 g/mol. The molecule has 4 rings (SSSR count). The molecule has 0 fully saturated rings. The average molecular weight is 387 g/mol. The number of thiazole rings is 1. The number of halogens is 1. The van der Waals surface area contributed by atoms with Crippen LogP contribution in [0.25, 0.3) is 26.4 Å². The summed E-state index contributed by atoms with van der Waals surface area (Å²) in [5, 5.41) is 8.88. The van der Waals surface area contributed by atoms with Crippen LogP contribution in [0.4, 0.5) is 0 Å². The predicted molar refractivity (Wildman–Crippen MR) is 98.9 cm³/mol. The van der Waals surface area contributed by atoms with Crippen LogP contribution in [-0.2, 0) is 9.59 Å². The summed E-state index contributed by atoms with van der Waals surface area (Å²) >= 11 is 7.63. The number of aromatic nitrogens is 2. The van der Waals surface area contributed by atoms with Crippen molar-refractivity contribution < 1.29 is 19.4 Å². The highest BCUT2D eigenvalue weighted by atomic mass is 35.5. The lowest BCUT2D eigenvalue weighted by atomic mass is 10.1. The molecule has 4 aromatic rings. The second-order valence-electron chi connectivity index (χ2n) is 5.54. The highest BCUT2D eigenvalue weighted by Crippen LogP contribution is 2.33. The fourth-order valence-electron chi connectivity index (χ4n) is 2.61. The molecule has 0 aliphatic rings. The summed E-state index contributed by atoms with van der Waals surface area (Å²) in [5.41, 5.74) is 2.48. The number of aliphatic carboxylic acids is 1. The third kappa shape index (κ3) is 3.02. The van der Waals surface area contributed by atoms with E-state index >= 15 is 0 Å². The first-order valence-electron chi connectivity index (χ1n) is 7.60. The van der Waals surface area contributed by atoms with Crippen LogP contribution < -0.4 is 4.74 Å². The Morgan fingerprint density at radius 1 is 1.23 bits per heavy atom. The van der Waals surface area contributed by atoms with Crippen LogP contribution in [0.15, 0.2) is 48.7 Å². The number of para-hydroxylation sites is 1. The molecule has 0 saturated carbocycles. The summed E-state index contributed by atoms with van der Waals surface area (Å²) in [6.45, 7) is 0. The molecule has 130 valence electrons. The molecule has 0 saturated heterocycles. The van der Waals surface area contributed by atoms with Crippen LogP contribution in [0.5, 0.6) is 5.75 Å². The van der Waals surface area contributed by atoms with Gasteiger partial charge in [0, 0.05) is 11.8 Å². The van der Waals surface area contributed by atoms with E-state index in [9.17, 15) is 9.59 Å². The van der Waals surface area contributed by atoms with Crippen LogP contribution in [0.1, 0.15) is 6.42 Å². The van der Waals surface area contributed by atoms with Gasteiger partial charge in [0.1, 0.15) is 12.2 Å². The first kappa shape index (κ1) is 16.6. The summed E-state index contributed by atoms with van der Waals surface area (Å²) in [6, 6.07) is 12.9. The maximum absolute atomic E-state index is 11.6. The maximum Gasteiger partial charge on any atom is 0.322 e. The van der Waals surface area contributed by atoms with E-state index in [1.54, 1.807) is 29.5 Å². The van der Waals surface area contributed by atoms with Gasteiger partial charge in [0.15, 0.2) is 4.96 Å². The highest BCUT2D eigenvalue weighted by molar-refractivity contribution is 7.23. The number of rotatable bonds is 4. The van der Waals surface area contributed by atoms with Crippen molar-refractivity contribution in [2.24, 2.45) is 0 Å². The molecule has 2 heterocycles. The van der Waals surface area contributed by atoms with Gasteiger partial charge in [0.25, 0.3) is 0 Å². The maximum atomic E-state index is 11.6. The minimum atomic E-state index is -1.26. The van der Waals surface area contributed by atoms with E-state index in [1.165, 1.54) is 0 Å². The van der Waals surface area contributed by atoms with Crippen molar-refractivity contribution in [3.05, 3.63) is 53.7 Å². The molecule has 6 nitrogen and oxygen atoms in total. The molecule has 0 unspecified atom stereocenters. The van der Waals surface area contributed by atoms with Crippen molar-refractivity contribution in [3.8, 4) is 17.0 Å². The molecule has 2 aromatic carbocycles. The minimum absolute atomic E-state index is 0.108. The van der Waals surface area contributed by atoms with Gasteiger partial charge in [-0.2, -0.15) is 0 Å². The van der Waals surface area contributed by atoms with Crippen LogP contribution in [0.2, 0.25) is 5.02 Å². The number of carbonyl (C=O) groups excluding carboxylic acids is 1. The van der Waals surface area contributed by atoms with Crippen molar-refractivity contribution in [1.29, 1.82) is 0 Å². The number of carbonyl (C=O) groups is 2. The van der Waals surface area contributed by atoms with Crippen molar-refractivity contribution >= 4 is 50.1 Å². The number of benzene rings is 2. The standard InChI is InChI=1S/C18H11ClN2O4S/c19-11-6-5-10(7-14(11)25-17(24)8-16(22)23)12-9-21-13-3-1-2-4-15(13)26-18(21)20-12/h1-7,9H,8H2,(H,22,23). The highest BCUT2D eigenvalue weighted by Gasteiger charge is 2.15. The largest absolute Gasteiger partial charge is 0.481 e. The van der Waals surface area contributed by atoms with Gasteiger partial charge in [-0.15, -0.1) is 0 Å². The number of carboxylic acid groups (broad SMARTS) is 1. The minimum Gasteiger partial charge on any atom is -0.481 e. The zero-order chi connectivity index (χ0) is 18.3. The Hall–Kier alpha value is -2.90. The molecule has 0 bridgehead atoms. The molecule has 8 heteroatoms. The fourth-order valence-corrected chi connectivity index (χ4v) is 3.77. The Bertz CT molecular complexity index is 1160. The normalized spacial score (nSPS) is 11.1. The molecule has 0 radical (unpaired) electrons. The first-order valence-corrected chi connectivity index (χ1v) is 8.80. The lowest BCUT2D eigenvalue weighted by Crippen LogP contribution is -2.13. The first-order chi connectivity index (χ1) is 12.5. The van der Waals surface area contributed by atoms with Gasteiger partial charge in [-0.1, -0.05) is 41.1 Å². The Labute approximate surface area is 156 Å². The monoisotopic (exact) mass is 386 g/mol. The zero-order valence-corrected chi connectivity index (χ0v) is 14.8. The van der Waals surface area contributed by atoms with Crippen molar-refractivity contribution in [2.45, 2.75) is 6.42 Å². The second kappa shape index (κ2) is 6.44. The summed E-state index contributed by atoms with van der Waals surface area (Å²) < 4.78 is 8.20. The number of ether oxygens (including phenoxy) is 1. The van der Waals surface area contributed by atoms with E-state index < -0.39 is 18.4 Å². The third-order valence-electron chi connectivity index (χ3n) is 3.75. The Morgan fingerprint density at radius 3 is 2.85 bits per heavy atom. The number of esters is 1. The molecule has 2 aromatic heterocycles. The average Bonchev–Trinajstić information content (AvgIpc) is 3.14. The van der Waals surface area contributed by atoms with E-state index in [4.69, 9.17) is 21.4 Å². The van der Waals surface area contributed by atoms with Crippen LogP contribution >= 0.6 is 22.9 Å². The summed E-state index contributed by atoms with van der Waals surface area (Å²) in [6.07, 6.45) is 1.17. The Balaban J connectivity index is 1.71. The second-order valence-corrected chi connectivity index (χ2v) is 6.95. The van der Waals surface area contributed by atoms with Gasteiger partial charge >= 0.3 is 11.9 Å². The molecular formula is C18H11ClN2O4S. The van der Waals surface area contributed by atoms with Crippen molar-refractivity contribution in [2.75, 3.05) is 0 Å². The zero-order valence-electron chi connectivity index (χ0n) is 13.2. The van der Waals surface area contributed by atoms with E-state index in [1.807, 2.05) is 34.9 Å². The Kier molecular flexibility index (Phi) is 4.10. The number of hydrogen-bond donors (Lipinski definition) is 1. The van der Waals surface area contributed by atoms with Gasteiger partial charge in [0.05, 0.1) is 20.9 Å². The number of carboxylic acids is 1. The van der Waals surface area contributed by atoms with Gasteiger partial charge in [-0.05, 0) is 24.3 Å². The molecule has 1 N–H and O–H groups in total. The molecule has 0 aliphatic carbocycles. The molecule has 26 heavy (non-hydrogen) atoms. The molecule has 0 amide bonds. The van der Waals surface area contributed by atoms with Gasteiger partial charge < -0.3 is 9.84 Å². The van der Waals surface area contributed by atoms with E-state index in [0.29, 0.717) is 11.3 Å². The smallest absolute Gasteiger partial charge is 0.322 e. The summed E-state index contributed by atoms with van der Waals surface area (Å²) in [4.78, 5) is 27.7. The van der Waals surface area contributed by atoms with Crippen molar-refractivity contribution in [3.63, 3.8) is 0 Å². The summed E-state index contributed by atoms with van der Waals surface area (Å²) in [7, 11) is 0. The molecule has 0 atom stereocenters. The van der Waals surface area contributed by atoms with Crippen LogP contribution in [-0.4, -0.2) is 26.4 Å². The number of fused-ring (bicyclic) bond motifs is 3. The molecule has 0 spiro atoms. The summed E-state index contributed by atoms with van der Waals surface area (Å²) in [5.74, 6) is -2.03. The van der Waals surface area contributed by atoms with Gasteiger partial charge in [-0.25, -0.2) is 4.98 Å². The van der Waals surface area contributed by atoms with Crippen LogP contribution in [0, 0.1) is 0 Å². The lowest BCUT2D eigenvalue weighted by Gasteiger charge is -2.06. The molecule has 0 aliphatic heterocycles. The van der Waals surface area contributed by atoms with Gasteiger partial charge in [0.2, 0.25) is 0 Å².